The number of carboxylic acid groups (broad SMARTS) is 1. The SMILES string of the molecule is CN1CC23c4c5c6c7c8c9c(c%10c%11c2c2c4c4c%12c5c5c6c6c8c8c%13c9c9c%10c%10c%11c%11c2c2c4c4c%12c%12c5c5c6c8c6c8c%13c9c9c%10c%10c%11c2c2c4c4c%12c5c6c5c8c9c%10c2c45)C73C1c1ccc(C(=O)O)cc1. The number of likely N-dealkylation sites (N-methyl/N-ethyl adjacent to an activating group) is 1. The zero-order valence-electron chi connectivity index (χ0n) is 37.4. The van der Waals surface area contributed by atoms with Crippen LogP contribution in [0.25, 0.3) is 291 Å². The van der Waals surface area contributed by atoms with E-state index in [0.29, 0.717) is 5.56 Å². The minimum absolute atomic E-state index is 0.00825. The van der Waals surface area contributed by atoms with Gasteiger partial charge in [-0.2, -0.15) is 0 Å². The molecular weight excluding hydrogens is 887 g/mol. The van der Waals surface area contributed by atoms with Gasteiger partial charge in [0.05, 0.1) is 16.4 Å². The third kappa shape index (κ3) is 1.49. The predicted octanol–water partition coefficient (Wildman–Crippen LogP) is 17.7. The molecule has 308 valence electrons. The lowest BCUT2D eigenvalue weighted by atomic mass is 9.47. The zero-order chi connectivity index (χ0) is 43.9. The lowest BCUT2D eigenvalue weighted by Crippen LogP contribution is -2.51. The average Bonchev–Trinajstić information content (AvgIpc) is 4.42. The highest BCUT2D eigenvalue weighted by Crippen LogP contribution is 2.87. The van der Waals surface area contributed by atoms with Gasteiger partial charge in [0.2, 0.25) is 0 Å². The van der Waals surface area contributed by atoms with Gasteiger partial charge >= 0.3 is 5.97 Å². The Balaban J connectivity index is 1.13. The largest absolute Gasteiger partial charge is 0.478 e. The Morgan fingerprint density at radius 1 is 0.329 bits per heavy atom. The van der Waals surface area contributed by atoms with Crippen LogP contribution in [0.3, 0.4) is 0 Å². The highest BCUT2D eigenvalue weighted by molar-refractivity contribution is 6.82. The van der Waals surface area contributed by atoms with Crippen molar-refractivity contribution in [2.75, 3.05) is 13.6 Å². The molecule has 1 heterocycles. The molecule has 1 fully saturated rings. The van der Waals surface area contributed by atoms with Crippen LogP contribution < -0.4 is 0 Å². The summed E-state index contributed by atoms with van der Waals surface area (Å²) < 4.78 is 0. The van der Waals surface area contributed by atoms with Crippen LogP contribution >= 0.6 is 0 Å². The van der Waals surface area contributed by atoms with Gasteiger partial charge in [0.15, 0.2) is 0 Å². The van der Waals surface area contributed by atoms with E-state index in [-0.39, 0.29) is 11.5 Å². The molecule has 3 heteroatoms. The fourth-order valence-electron chi connectivity index (χ4n) is 26.4. The first-order chi connectivity index (χ1) is 36.2. The lowest BCUT2D eigenvalue weighted by Gasteiger charge is -2.52. The molecule has 34 rings (SSSR count). The molecule has 1 atom stereocenters. The molecular formula is C70H11NO2. The second-order valence-electron chi connectivity index (χ2n) is 26.7. The fourth-order valence-corrected chi connectivity index (χ4v) is 26.4. The maximum absolute atomic E-state index is 12.7. The molecule has 0 aromatic heterocycles. The summed E-state index contributed by atoms with van der Waals surface area (Å²) in [7, 11) is 2.47. The lowest BCUT2D eigenvalue weighted by molar-refractivity contribution is 0.0697. The van der Waals surface area contributed by atoms with Crippen molar-refractivity contribution in [1.29, 1.82) is 0 Å². The summed E-state index contributed by atoms with van der Waals surface area (Å²) in [6.45, 7) is 0.939. The number of benzene rings is 19. The number of aromatic carboxylic acids is 1. The van der Waals surface area contributed by atoms with Gasteiger partial charge in [0.1, 0.15) is 0 Å². The molecule has 1 aliphatic heterocycles. The molecule has 0 radical (unpaired) electrons. The second kappa shape index (κ2) is 6.27. The van der Waals surface area contributed by atoms with Crippen LogP contribution in [0.5, 0.6) is 0 Å². The number of likely N-dealkylation sites (tertiary alicyclic amines) is 1. The minimum Gasteiger partial charge on any atom is -0.478 e. The smallest absolute Gasteiger partial charge is 0.335 e. The number of hydrogen-bond donors (Lipinski definition) is 1. The third-order valence-corrected chi connectivity index (χ3v) is 26.4. The van der Waals surface area contributed by atoms with Gasteiger partial charge in [-0.3, -0.25) is 4.90 Å². The van der Waals surface area contributed by atoms with Crippen LogP contribution in [0.2, 0.25) is 0 Å². The van der Waals surface area contributed by atoms with Crippen molar-refractivity contribution in [2.45, 2.75) is 16.9 Å². The van der Waals surface area contributed by atoms with Gasteiger partial charge < -0.3 is 5.11 Å². The summed E-state index contributed by atoms with van der Waals surface area (Å²) in [6.07, 6.45) is 0. The molecule has 1 saturated heterocycles. The predicted molar refractivity (Wildman–Crippen MR) is 303 cm³/mol. The van der Waals surface area contributed by atoms with Crippen molar-refractivity contribution in [3.63, 3.8) is 0 Å². The molecule has 1 N–H and O–H groups in total. The van der Waals surface area contributed by atoms with Crippen molar-refractivity contribution >= 4 is 297 Å². The van der Waals surface area contributed by atoms with E-state index in [1.54, 1.807) is 313 Å². The van der Waals surface area contributed by atoms with Crippen molar-refractivity contribution in [3.05, 3.63) is 57.6 Å². The highest BCUT2D eigenvalue weighted by Gasteiger charge is 2.75. The molecule has 5 aliphatic rings. The van der Waals surface area contributed by atoms with E-state index in [0.717, 1.165) is 6.54 Å². The molecule has 0 amide bonds. The summed E-state index contributed by atoms with van der Waals surface area (Å²) in [5, 5.41) is 98.0. The molecule has 0 bridgehead atoms. The molecule has 4 aliphatic carbocycles. The van der Waals surface area contributed by atoms with E-state index in [2.05, 4.69) is 24.1 Å². The summed E-state index contributed by atoms with van der Waals surface area (Å²) >= 11 is 0. The third-order valence-electron chi connectivity index (χ3n) is 26.4. The van der Waals surface area contributed by atoms with Crippen LogP contribution in [0, 0.1) is 0 Å². The van der Waals surface area contributed by atoms with Gasteiger partial charge in [-0.15, -0.1) is 0 Å². The van der Waals surface area contributed by atoms with Crippen molar-refractivity contribution in [1.82, 2.24) is 4.90 Å². The fraction of sp³-hybridized carbons (Fsp3) is 0.0714. The van der Waals surface area contributed by atoms with Crippen LogP contribution in [0.4, 0.5) is 0 Å². The average molecular weight is 898 g/mol. The summed E-state index contributed by atoms with van der Waals surface area (Å²) in [6, 6.07) is 8.35. The number of hydrogen-bond acceptors (Lipinski definition) is 2. The Morgan fingerprint density at radius 3 is 0.726 bits per heavy atom. The maximum Gasteiger partial charge on any atom is 0.335 e. The summed E-state index contributed by atoms with van der Waals surface area (Å²) in [5.74, 6) is -0.851. The van der Waals surface area contributed by atoms with E-state index in [1.165, 1.54) is 5.56 Å². The van der Waals surface area contributed by atoms with E-state index >= 15 is 0 Å². The van der Waals surface area contributed by atoms with Crippen LogP contribution in [-0.2, 0) is 10.8 Å². The Bertz CT molecular complexity index is 7360. The van der Waals surface area contributed by atoms with Crippen LogP contribution in [-0.4, -0.2) is 29.6 Å². The summed E-state index contributed by atoms with van der Waals surface area (Å²) in [5.41, 5.74) is 7.55. The first-order valence-electron chi connectivity index (χ1n) is 27.0. The summed E-state index contributed by atoms with van der Waals surface area (Å²) in [4.78, 5) is 15.5. The van der Waals surface area contributed by atoms with Gasteiger partial charge in [0.25, 0.3) is 0 Å². The number of carboxylic acids is 1. The molecule has 3 nitrogen and oxygen atoms in total. The van der Waals surface area contributed by atoms with Gasteiger partial charge in [-0.1, -0.05) is 12.1 Å². The van der Waals surface area contributed by atoms with E-state index in [4.69, 9.17) is 0 Å². The Kier molecular flexibility index (Phi) is 2.37. The topological polar surface area (TPSA) is 40.5 Å². The first kappa shape index (κ1) is 27.6. The monoisotopic (exact) mass is 897 g/mol. The Labute approximate surface area is 397 Å². The molecule has 29 aromatic rings. The first-order valence-corrected chi connectivity index (χ1v) is 27.0. The zero-order valence-corrected chi connectivity index (χ0v) is 37.4. The Morgan fingerprint density at radius 2 is 0.521 bits per heavy atom. The van der Waals surface area contributed by atoms with E-state index in [9.17, 15) is 9.90 Å². The van der Waals surface area contributed by atoms with Gasteiger partial charge in [0, 0.05) is 12.6 Å². The molecule has 1 unspecified atom stereocenters. The van der Waals surface area contributed by atoms with Crippen molar-refractivity contribution in [3.8, 4) is 0 Å². The molecule has 29 aromatic carbocycles. The number of rotatable bonds is 2. The number of nitrogens with zero attached hydrogens (tertiary/aromatic N) is 1. The minimum atomic E-state index is -0.851. The quantitative estimate of drug-likeness (QED) is 0.176. The van der Waals surface area contributed by atoms with Gasteiger partial charge in [-0.25, -0.2) is 4.79 Å². The van der Waals surface area contributed by atoms with E-state index < -0.39 is 11.4 Å². The number of carbonyl (C=O) groups is 1. The van der Waals surface area contributed by atoms with Crippen LogP contribution in [0.15, 0.2) is 24.3 Å². The Hall–Kier alpha value is -8.89. The normalized spacial score (nSPS) is 23.4. The van der Waals surface area contributed by atoms with Gasteiger partial charge in [-0.05, 0) is 338 Å². The van der Waals surface area contributed by atoms with E-state index in [1.807, 2.05) is 12.1 Å². The standard InChI is InChI=1S/C70H11NO2/c1-71-6-69-63-55-47-37-27-19-11-9-10-13-17-15(11)23-31-25(17)35-29-21(13)22-14(10)18-16-12(9)20(19)28-34-24(16)32-26(18)36-30(22)40-39(29)51-45(35)53-43(31)49(41(47)33(23)27)57(63)59(53)65-61(51)62-52(40)46(36)54-44(32)50-42(34)48(38(28)37)56(55)64(69)58(50)60(54)66(62)70(65,69)67(71)7-2-4-8(5-3-7)68(72)73/h2-5,67H,6H2,1H3,(H,72,73). The maximum atomic E-state index is 12.7. The van der Waals surface area contributed by atoms with Crippen LogP contribution in [0.1, 0.15) is 44.2 Å². The highest BCUT2D eigenvalue weighted by atomic mass is 16.4. The second-order valence-corrected chi connectivity index (χ2v) is 26.7. The molecule has 73 heavy (non-hydrogen) atoms. The molecule has 2 spiro atoms. The van der Waals surface area contributed by atoms with Crippen molar-refractivity contribution in [2.24, 2.45) is 0 Å². The van der Waals surface area contributed by atoms with Crippen molar-refractivity contribution < 1.29 is 9.90 Å². The molecule has 0 saturated carbocycles.